The first-order chi connectivity index (χ1) is 18.4. The van der Waals surface area contributed by atoms with Gasteiger partial charge in [0.25, 0.3) is 0 Å². The molecule has 0 spiro atoms. The molecule has 1 saturated heterocycles. The second-order valence-corrected chi connectivity index (χ2v) is 10.9. The molecule has 1 aliphatic rings. The Labute approximate surface area is 235 Å². The molecule has 0 radical (unpaired) electrons. The summed E-state index contributed by atoms with van der Waals surface area (Å²) in [7, 11) is 1.13. The van der Waals surface area contributed by atoms with Gasteiger partial charge in [0, 0.05) is 46.3 Å². The van der Waals surface area contributed by atoms with Crippen LogP contribution in [-0.4, -0.2) is 101 Å². The highest BCUT2D eigenvalue weighted by Gasteiger charge is 2.60. The van der Waals surface area contributed by atoms with Crippen molar-refractivity contribution >= 4 is 53.5 Å². The molecule has 0 N–H and O–H groups in total. The van der Waals surface area contributed by atoms with Crippen molar-refractivity contribution in [3.05, 3.63) is 0 Å². The van der Waals surface area contributed by atoms with Crippen molar-refractivity contribution in [1.82, 2.24) is 5.06 Å². The van der Waals surface area contributed by atoms with E-state index in [2.05, 4.69) is 0 Å². The van der Waals surface area contributed by atoms with Crippen molar-refractivity contribution in [1.29, 1.82) is 0 Å². The molecule has 0 aliphatic carbocycles. The average Bonchev–Trinajstić information content (AvgIpc) is 3.05. The Morgan fingerprint density at radius 3 is 1.65 bits per heavy atom. The Balaban J connectivity index is 3.87. The van der Waals surface area contributed by atoms with E-state index in [0.717, 1.165) is 65.5 Å². The molecule has 0 bridgehead atoms. The lowest BCUT2D eigenvalue weighted by atomic mass is 9.99. The summed E-state index contributed by atoms with van der Waals surface area (Å²) in [4.78, 5) is 90.4. The van der Waals surface area contributed by atoms with Crippen molar-refractivity contribution in [2.75, 3.05) is 13.7 Å². The zero-order valence-electron chi connectivity index (χ0n) is 23.7. The molecule has 15 nitrogen and oxygen atoms in total. The van der Waals surface area contributed by atoms with Gasteiger partial charge in [0.15, 0.2) is 30.5 Å². The van der Waals surface area contributed by atoms with Gasteiger partial charge in [0.1, 0.15) is 12.0 Å². The summed E-state index contributed by atoms with van der Waals surface area (Å²) in [6.45, 7) is 8.89. The van der Waals surface area contributed by atoms with Crippen molar-refractivity contribution in [3.63, 3.8) is 0 Å². The van der Waals surface area contributed by atoms with E-state index in [-0.39, 0.29) is 0 Å². The van der Waals surface area contributed by atoms with Crippen LogP contribution >= 0.6 is 11.8 Å². The van der Waals surface area contributed by atoms with Gasteiger partial charge in [0.2, 0.25) is 0 Å². The van der Waals surface area contributed by atoms with Gasteiger partial charge in [0.05, 0.1) is 7.11 Å². The molecule has 0 amide bonds. The van der Waals surface area contributed by atoms with Crippen LogP contribution < -0.4 is 0 Å². The molecule has 226 valence electrons. The normalized spacial score (nSPS) is 21.0. The SMILES string of the molecule is COC(=O)C1N(OC(C)=O)C(C(OC(C)=O)C(OC(C)=O)C(OC(C)=O)C(COC(C)=O)OC(C)=O)SC1(C)C. The van der Waals surface area contributed by atoms with Crippen molar-refractivity contribution < 1.29 is 66.8 Å². The fourth-order valence-corrected chi connectivity index (χ4v) is 5.56. The molecule has 0 aromatic carbocycles. The molecule has 0 aromatic heterocycles. The molecule has 0 aromatic rings. The van der Waals surface area contributed by atoms with Gasteiger partial charge in [-0.3, -0.25) is 33.6 Å². The average molecular weight is 594 g/mol. The van der Waals surface area contributed by atoms with Crippen molar-refractivity contribution in [2.45, 2.75) is 96.0 Å². The van der Waals surface area contributed by atoms with E-state index in [1.165, 1.54) is 0 Å². The first-order valence-electron chi connectivity index (χ1n) is 12.0. The van der Waals surface area contributed by atoms with Gasteiger partial charge in [-0.1, -0.05) is 0 Å². The Kier molecular flexibility index (Phi) is 12.8. The maximum Gasteiger partial charge on any atom is 0.328 e. The Morgan fingerprint density at radius 2 is 1.23 bits per heavy atom. The molecule has 6 unspecified atom stereocenters. The standard InChI is InChI=1S/C24H35NO14S/c1-11(26)34-10-17(35-12(2)27)18(36-13(3)28)19(37-14(4)29)20(38-15(5)30)22-25(39-16(6)31)21(23(32)33-9)24(7,8)40-22/h17-22H,10H2,1-9H3. The lowest BCUT2D eigenvalue weighted by Crippen LogP contribution is -2.59. The number of esters is 6. The summed E-state index contributed by atoms with van der Waals surface area (Å²) < 4.78 is 30.5. The van der Waals surface area contributed by atoms with Gasteiger partial charge in [-0.05, 0) is 13.8 Å². The van der Waals surface area contributed by atoms with Crippen LogP contribution in [0.15, 0.2) is 0 Å². The Hall–Kier alpha value is -3.40. The van der Waals surface area contributed by atoms with E-state index in [1.807, 2.05) is 0 Å². The maximum absolute atomic E-state index is 12.8. The van der Waals surface area contributed by atoms with Crippen LogP contribution in [0.3, 0.4) is 0 Å². The molecule has 0 saturated carbocycles. The van der Waals surface area contributed by atoms with E-state index < -0.39 is 89.0 Å². The summed E-state index contributed by atoms with van der Waals surface area (Å²) in [5.41, 5.74) is 0. The van der Waals surface area contributed by atoms with Gasteiger partial charge in [-0.25, -0.2) is 0 Å². The fraction of sp³-hybridized carbons (Fsp3) is 0.708. The van der Waals surface area contributed by atoms with Crippen LogP contribution in [0.2, 0.25) is 0 Å². The monoisotopic (exact) mass is 593 g/mol. The molecule has 6 atom stereocenters. The van der Waals surface area contributed by atoms with Gasteiger partial charge < -0.3 is 33.3 Å². The highest BCUT2D eigenvalue weighted by atomic mass is 32.2. The second-order valence-electron chi connectivity index (χ2n) is 9.15. The Morgan fingerprint density at radius 1 is 0.725 bits per heavy atom. The minimum atomic E-state index is -1.74. The number of ether oxygens (including phenoxy) is 6. The van der Waals surface area contributed by atoms with E-state index in [0.29, 0.717) is 0 Å². The summed E-state index contributed by atoms with van der Waals surface area (Å²) in [5, 5.41) is -0.318. The van der Waals surface area contributed by atoms with Crippen LogP contribution in [-0.2, 0) is 66.8 Å². The maximum atomic E-state index is 12.8. The summed E-state index contributed by atoms with van der Waals surface area (Å²) >= 11 is 1.00. The first-order valence-corrected chi connectivity index (χ1v) is 12.8. The number of methoxy groups -OCH3 is 1. The zero-order valence-corrected chi connectivity index (χ0v) is 24.6. The fourth-order valence-electron chi connectivity index (χ4n) is 3.99. The second kappa shape index (κ2) is 14.8. The zero-order chi connectivity index (χ0) is 30.9. The molecular weight excluding hydrogens is 558 g/mol. The molecule has 16 heteroatoms. The third-order valence-electron chi connectivity index (χ3n) is 5.22. The number of carbonyl (C=O) groups is 7. The molecule has 1 heterocycles. The van der Waals surface area contributed by atoms with Gasteiger partial charge in [-0.2, -0.15) is 0 Å². The van der Waals surface area contributed by atoms with Crippen LogP contribution in [0.25, 0.3) is 0 Å². The molecular formula is C24H35NO14S. The Bertz CT molecular complexity index is 998. The van der Waals surface area contributed by atoms with Gasteiger partial charge >= 0.3 is 41.8 Å². The quantitative estimate of drug-likeness (QED) is 0.224. The summed E-state index contributed by atoms with van der Waals surface area (Å²) in [6, 6.07) is -1.23. The third-order valence-corrected chi connectivity index (χ3v) is 6.76. The number of thioether (sulfide) groups is 1. The summed E-state index contributed by atoms with van der Waals surface area (Å²) in [6.07, 6.45) is -6.63. The minimum Gasteiger partial charge on any atom is -0.468 e. The predicted octanol–water partition coefficient (Wildman–Crippen LogP) is 0.450. The van der Waals surface area contributed by atoms with Crippen LogP contribution in [0.5, 0.6) is 0 Å². The number of hydroxylamine groups is 2. The molecule has 40 heavy (non-hydrogen) atoms. The largest absolute Gasteiger partial charge is 0.468 e. The molecule has 1 aliphatic heterocycles. The van der Waals surface area contributed by atoms with Crippen molar-refractivity contribution in [2.24, 2.45) is 0 Å². The van der Waals surface area contributed by atoms with Crippen molar-refractivity contribution in [3.8, 4) is 0 Å². The number of nitrogens with zero attached hydrogens (tertiary/aromatic N) is 1. The number of carbonyl (C=O) groups excluding carboxylic acids is 7. The van der Waals surface area contributed by atoms with E-state index in [4.69, 9.17) is 33.3 Å². The van der Waals surface area contributed by atoms with Crippen LogP contribution in [0, 0.1) is 0 Å². The van der Waals surface area contributed by atoms with Crippen LogP contribution in [0.1, 0.15) is 55.4 Å². The lowest BCUT2D eigenvalue weighted by Gasteiger charge is -2.38. The van der Waals surface area contributed by atoms with E-state index >= 15 is 0 Å². The molecule has 1 rings (SSSR count). The smallest absolute Gasteiger partial charge is 0.328 e. The highest BCUT2D eigenvalue weighted by Crippen LogP contribution is 2.48. The number of rotatable bonds is 12. The van der Waals surface area contributed by atoms with Crippen LogP contribution in [0.4, 0.5) is 0 Å². The summed E-state index contributed by atoms with van der Waals surface area (Å²) in [5.74, 6) is -6.03. The lowest BCUT2D eigenvalue weighted by molar-refractivity contribution is -0.231. The van der Waals surface area contributed by atoms with E-state index in [1.54, 1.807) is 13.8 Å². The predicted molar refractivity (Wildman–Crippen MR) is 134 cm³/mol. The number of hydrogen-bond donors (Lipinski definition) is 0. The first kappa shape index (κ1) is 34.6. The minimum absolute atomic E-state index is 0.640. The van der Waals surface area contributed by atoms with E-state index in [9.17, 15) is 33.6 Å². The molecule has 1 fully saturated rings. The highest BCUT2D eigenvalue weighted by molar-refractivity contribution is 8.01. The topological polar surface area (TPSA) is 187 Å². The third kappa shape index (κ3) is 9.97. The number of hydrogen-bond acceptors (Lipinski definition) is 16. The van der Waals surface area contributed by atoms with Gasteiger partial charge in [-0.15, -0.1) is 16.8 Å².